The molecule has 0 aromatic rings. The number of fused-ring (bicyclic) bond motifs is 1. The lowest BCUT2D eigenvalue weighted by Crippen LogP contribution is -2.73. The molecule has 4 atom stereocenters. The van der Waals surface area contributed by atoms with Crippen LogP contribution < -0.4 is 5.32 Å². The number of esters is 1. The molecule has 0 radical (unpaired) electrons. The van der Waals surface area contributed by atoms with Gasteiger partial charge in [0.05, 0.1) is 12.0 Å². The molecule has 0 unspecified atom stereocenters. The average molecular weight is 213 g/mol. The first-order chi connectivity index (χ1) is 6.91. The summed E-state index contributed by atoms with van der Waals surface area (Å²) in [5, 5.41) is 12.6. The van der Waals surface area contributed by atoms with Crippen molar-refractivity contribution >= 4 is 11.9 Å². The third-order valence-electron chi connectivity index (χ3n) is 3.32. The average Bonchev–Trinajstić information content (AvgIpc) is 2.37. The molecule has 0 spiro atoms. The maximum atomic E-state index is 11.5. The van der Waals surface area contributed by atoms with E-state index in [-0.39, 0.29) is 17.7 Å². The number of aliphatic hydroxyl groups excluding tert-OH is 1. The van der Waals surface area contributed by atoms with Gasteiger partial charge in [-0.15, -0.1) is 0 Å². The molecule has 0 aliphatic carbocycles. The van der Waals surface area contributed by atoms with Crippen molar-refractivity contribution in [1.29, 1.82) is 0 Å². The number of carbonyl (C=O) groups is 2. The van der Waals surface area contributed by atoms with Gasteiger partial charge in [0.25, 0.3) is 0 Å². The van der Waals surface area contributed by atoms with Crippen LogP contribution in [0.3, 0.4) is 0 Å². The van der Waals surface area contributed by atoms with Gasteiger partial charge in [0.15, 0.2) is 0 Å². The number of hydrogen-bond acceptors (Lipinski definition) is 4. The molecule has 5 nitrogen and oxygen atoms in total. The molecule has 0 saturated carbocycles. The summed E-state index contributed by atoms with van der Waals surface area (Å²) in [6.45, 7) is 5.30. The Kier molecular flexibility index (Phi) is 2.05. The number of aliphatic hydroxyl groups is 1. The zero-order valence-electron chi connectivity index (χ0n) is 8.98. The Labute approximate surface area is 87.8 Å². The van der Waals surface area contributed by atoms with E-state index < -0.39 is 23.7 Å². The minimum atomic E-state index is -1.19. The molecule has 2 aliphatic heterocycles. The predicted molar refractivity (Wildman–Crippen MR) is 50.8 cm³/mol. The van der Waals surface area contributed by atoms with E-state index in [1.54, 1.807) is 20.8 Å². The van der Waals surface area contributed by atoms with Crippen molar-refractivity contribution < 1.29 is 19.4 Å². The molecule has 2 rings (SSSR count). The van der Waals surface area contributed by atoms with Crippen molar-refractivity contribution in [2.75, 3.05) is 0 Å². The van der Waals surface area contributed by atoms with Crippen LogP contribution in [0.4, 0.5) is 0 Å². The van der Waals surface area contributed by atoms with E-state index >= 15 is 0 Å². The van der Waals surface area contributed by atoms with Crippen molar-refractivity contribution in [3.05, 3.63) is 0 Å². The largest absolute Gasteiger partial charge is 0.456 e. The normalized spacial score (nSPS) is 40.6. The summed E-state index contributed by atoms with van der Waals surface area (Å²) >= 11 is 0. The van der Waals surface area contributed by atoms with E-state index in [9.17, 15) is 14.7 Å². The Morgan fingerprint density at radius 1 is 1.47 bits per heavy atom. The van der Waals surface area contributed by atoms with E-state index in [2.05, 4.69) is 5.32 Å². The van der Waals surface area contributed by atoms with Gasteiger partial charge in [0.1, 0.15) is 6.10 Å². The van der Waals surface area contributed by atoms with Gasteiger partial charge in [0, 0.05) is 0 Å². The van der Waals surface area contributed by atoms with Gasteiger partial charge >= 0.3 is 5.97 Å². The first-order valence-corrected chi connectivity index (χ1v) is 5.12. The number of ether oxygens (including phenoxy) is 1. The van der Waals surface area contributed by atoms with Crippen molar-refractivity contribution in [3.8, 4) is 0 Å². The first kappa shape index (κ1) is 10.4. The monoisotopic (exact) mass is 213 g/mol. The number of rotatable bonds is 2. The smallest absolute Gasteiger partial charge is 0.338 e. The van der Waals surface area contributed by atoms with Gasteiger partial charge in [-0.2, -0.15) is 0 Å². The topological polar surface area (TPSA) is 75.6 Å². The van der Waals surface area contributed by atoms with Gasteiger partial charge in [-0.25, -0.2) is 4.79 Å². The second kappa shape index (κ2) is 2.95. The lowest BCUT2D eigenvalue weighted by molar-refractivity contribution is -0.206. The second-order valence-electron chi connectivity index (χ2n) is 4.66. The van der Waals surface area contributed by atoms with Crippen molar-refractivity contribution in [3.63, 3.8) is 0 Å². The van der Waals surface area contributed by atoms with Crippen LogP contribution in [0, 0.1) is 11.8 Å². The maximum Gasteiger partial charge on any atom is 0.338 e. The zero-order valence-corrected chi connectivity index (χ0v) is 8.98. The Bertz CT molecular complexity index is 327. The van der Waals surface area contributed by atoms with E-state index in [4.69, 9.17) is 4.74 Å². The Morgan fingerprint density at radius 3 is 2.47 bits per heavy atom. The van der Waals surface area contributed by atoms with Crippen molar-refractivity contribution in [2.24, 2.45) is 11.8 Å². The minimum absolute atomic E-state index is 0.106. The Hall–Kier alpha value is -1.10. The van der Waals surface area contributed by atoms with Crippen LogP contribution in [0.5, 0.6) is 0 Å². The number of amides is 1. The molecule has 2 heterocycles. The van der Waals surface area contributed by atoms with Gasteiger partial charge in [-0.3, -0.25) is 4.79 Å². The molecule has 2 N–H and O–H groups in total. The molecule has 15 heavy (non-hydrogen) atoms. The fourth-order valence-electron chi connectivity index (χ4n) is 2.33. The van der Waals surface area contributed by atoms with Gasteiger partial charge in [-0.1, -0.05) is 13.8 Å². The highest BCUT2D eigenvalue weighted by atomic mass is 16.6. The number of hydrogen-bond donors (Lipinski definition) is 2. The zero-order chi connectivity index (χ0) is 11.4. The molecule has 2 fully saturated rings. The van der Waals surface area contributed by atoms with Crippen LogP contribution in [0.2, 0.25) is 0 Å². The van der Waals surface area contributed by atoms with Crippen LogP contribution in [0.1, 0.15) is 20.8 Å². The van der Waals surface area contributed by atoms with E-state index in [1.807, 2.05) is 0 Å². The summed E-state index contributed by atoms with van der Waals surface area (Å²) in [5.41, 5.74) is -1.19. The third-order valence-corrected chi connectivity index (χ3v) is 3.32. The standard InChI is InChI=1S/C10H15NO4/c1-4(2)6(12)10-7(15-9(10)14)5(3)8(13)11-10/h4-7,12H,1-3H3,(H,11,13)/t5-,6-,7-,10-/m0/s1. The quantitative estimate of drug-likeness (QED) is 0.602. The fourth-order valence-corrected chi connectivity index (χ4v) is 2.33. The highest BCUT2D eigenvalue weighted by molar-refractivity contribution is 5.99. The molecular weight excluding hydrogens is 198 g/mol. The van der Waals surface area contributed by atoms with Gasteiger partial charge < -0.3 is 15.2 Å². The summed E-state index contributed by atoms with van der Waals surface area (Å²) in [6, 6.07) is 0. The van der Waals surface area contributed by atoms with Gasteiger partial charge in [-0.05, 0) is 12.8 Å². The molecule has 0 aromatic carbocycles. The van der Waals surface area contributed by atoms with Crippen LogP contribution in [0.15, 0.2) is 0 Å². The molecule has 0 bridgehead atoms. The highest BCUT2D eigenvalue weighted by Crippen LogP contribution is 2.42. The molecule has 0 aromatic heterocycles. The van der Waals surface area contributed by atoms with Crippen LogP contribution >= 0.6 is 0 Å². The second-order valence-corrected chi connectivity index (χ2v) is 4.66. The summed E-state index contributed by atoms with van der Waals surface area (Å²) in [5.74, 6) is -1.24. The summed E-state index contributed by atoms with van der Waals surface area (Å²) in [7, 11) is 0. The summed E-state index contributed by atoms with van der Waals surface area (Å²) in [4.78, 5) is 22.9. The molecule has 2 aliphatic rings. The number of nitrogens with one attached hydrogen (secondary N) is 1. The molecule has 1 amide bonds. The van der Waals surface area contributed by atoms with E-state index in [0.717, 1.165) is 0 Å². The number of carbonyl (C=O) groups excluding carboxylic acids is 2. The van der Waals surface area contributed by atoms with Crippen molar-refractivity contribution in [2.45, 2.75) is 38.5 Å². The lowest BCUT2D eigenvalue weighted by Gasteiger charge is -2.46. The van der Waals surface area contributed by atoms with Crippen LogP contribution in [-0.4, -0.2) is 34.7 Å². The van der Waals surface area contributed by atoms with Crippen LogP contribution in [-0.2, 0) is 14.3 Å². The van der Waals surface area contributed by atoms with E-state index in [0.29, 0.717) is 0 Å². The minimum Gasteiger partial charge on any atom is -0.456 e. The highest BCUT2D eigenvalue weighted by Gasteiger charge is 2.70. The maximum absolute atomic E-state index is 11.5. The Balaban J connectivity index is 2.33. The molecule has 84 valence electrons. The molecular formula is C10H15NO4. The first-order valence-electron chi connectivity index (χ1n) is 5.12. The molecule has 2 saturated heterocycles. The SMILES string of the molecule is CC(C)[C@H](O)[C@]12NC(=O)[C@@H](C)[C@@H]1OC2=O. The predicted octanol–water partition coefficient (Wildman–Crippen LogP) is -0.567. The third kappa shape index (κ3) is 1.07. The fraction of sp³-hybridized carbons (Fsp3) is 0.800. The summed E-state index contributed by atoms with van der Waals surface area (Å²) in [6.07, 6.45) is -1.41. The van der Waals surface area contributed by atoms with Crippen LogP contribution in [0.25, 0.3) is 0 Å². The molecule has 5 heteroatoms. The Morgan fingerprint density at radius 2 is 2.07 bits per heavy atom. The lowest BCUT2D eigenvalue weighted by atomic mass is 9.76. The van der Waals surface area contributed by atoms with Gasteiger partial charge in [0.2, 0.25) is 11.4 Å². The van der Waals surface area contributed by atoms with Crippen molar-refractivity contribution in [1.82, 2.24) is 5.32 Å². The summed E-state index contributed by atoms with van der Waals surface area (Å²) < 4.78 is 4.94. The van der Waals surface area contributed by atoms with E-state index in [1.165, 1.54) is 0 Å².